The van der Waals surface area contributed by atoms with Crippen molar-refractivity contribution in [2.75, 3.05) is 5.75 Å². The van der Waals surface area contributed by atoms with Crippen molar-refractivity contribution in [3.63, 3.8) is 0 Å². The number of hydrogen-bond donors (Lipinski definition) is 1. The third-order valence-corrected chi connectivity index (χ3v) is 4.42. The van der Waals surface area contributed by atoms with Crippen molar-refractivity contribution in [1.82, 2.24) is 10.3 Å². The average Bonchev–Trinajstić information content (AvgIpc) is 2.60. The van der Waals surface area contributed by atoms with E-state index in [2.05, 4.69) is 10.3 Å². The number of amides is 1. The molecule has 0 radical (unpaired) electrons. The molecule has 1 aromatic carbocycles. The fourth-order valence-electron chi connectivity index (χ4n) is 2.17. The third-order valence-electron chi connectivity index (χ3n) is 3.48. The summed E-state index contributed by atoms with van der Waals surface area (Å²) in [5, 5.41) is 2.92. The minimum absolute atomic E-state index is 0.0422. The summed E-state index contributed by atoms with van der Waals surface area (Å²) < 4.78 is 50.3. The van der Waals surface area contributed by atoms with E-state index in [0.717, 1.165) is 17.8 Å². The molecule has 9 heteroatoms. The maximum Gasteiger partial charge on any atom is 0.417 e. The minimum Gasteiger partial charge on any atom is -0.352 e. The summed E-state index contributed by atoms with van der Waals surface area (Å²) in [5.41, 5.74) is -0.509. The summed E-state index contributed by atoms with van der Waals surface area (Å²) in [5.74, 6) is -1.10. The Bertz CT molecular complexity index is 793. The lowest BCUT2D eigenvalue weighted by molar-refractivity contribution is -0.137. The minimum atomic E-state index is -4.46. The molecule has 4 nitrogen and oxygen atoms in total. The molecule has 0 saturated carbocycles. The number of halogens is 4. The van der Waals surface area contributed by atoms with Gasteiger partial charge in [0, 0.05) is 24.2 Å². The van der Waals surface area contributed by atoms with E-state index in [1.807, 2.05) is 0 Å². The number of carbonyl (C=O) groups is 2. The highest BCUT2D eigenvalue weighted by molar-refractivity contribution is 7.99. The number of nitrogens with one attached hydrogen (secondary N) is 1. The van der Waals surface area contributed by atoms with E-state index in [-0.39, 0.29) is 28.9 Å². The summed E-state index contributed by atoms with van der Waals surface area (Å²) in [4.78, 5) is 27.6. The Balaban J connectivity index is 1.79. The smallest absolute Gasteiger partial charge is 0.352 e. The maximum atomic E-state index is 12.9. The quantitative estimate of drug-likeness (QED) is 0.432. The van der Waals surface area contributed by atoms with Gasteiger partial charge in [0.05, 0.1) is 16.3 Å². The Kier molecular flexibility index (Phi) is 6.95. The SMILES string of the molecule is CC(CC(=O)c1ccc(F)cc1)NC(=O)CSc1ccc(C(F)(F)F)cn1. The van der Waals surface area contributed by atoms with E-state index in [9.17, 15) is 27.2 Å². The van der Waals surface area contributed by atoms with E-state index in [1.54, 1.807) is 6.92 Å². The van der Waals surface area contributed by atoms with Crippen LogP contribution in [0.15, 0.2) is 47.6 Å². The van der Waals surface area contributed by atoms with Crippen LogP contribution < -0.4 is 5.32 Å². The van der Waals surface area contributed by atoms with Gasteiger partial charge in [-0.15, -0.1) is 0 Å². The van der Waals surface area contributed by atoms with Gasteiger partial charge in [0.25, 0.3) is 0 Å². The van der Waals surface area contributed by atoms with E-state index in [0.29, 0.717) is 11.8 Å². The maximum absolute atomic E-state index is 12.9. The van der Waals surface area contributed by atoms with Gasteiger partial charge >= 0.3 is 6.18 Å². The molecular weight excluding hydrogens is 384 g/mol. The van der Waals surface area contributed by atoms with Crippen LogP contribution in [0, 0.1) is 5.82 Å². The van der Waals surface area contributed by atoms with E-state index in [4.69, 9.17) is 0 Å². The summed E-state index contributed by atoms with van der Waals surface area (Å²) in [6, 6.07) is 6.76. The lowest BCUT2D eigenvalue weighted by Gasteiger charge is -2.13. The number of pyridine rings is 1. The molecule has 0 bridgehead atoms. The molecule has 1 amide bonds. The second-order valence-corrected chi connectivity index (χ2v) is 6.77. The Morgan fingerprint density at radius 2 is 1.81 bits per heavy atom. The highest BCUT2D eigenvalue weighted by Crippen LogP contribution is 2.29. The zero-order valence-electron chi connectivity index (χ0n) is 14.2. The molecule has 0 spiro atoms. The van der Waals surface area contributed by atoms with Gasteiger partial charge in [0.2, 0.25) is 5.91 Å². The molecule has 27 heavy (non-hydrogen) atoms. The third kappa shape index (κ3) is 6.67. The number of Topliss-reactive ketones (excluding diaryl/α,β-unsaturated/α-hetero) is 1. The number of thioether (sulfide) groups is 1. The molecule has 1 unspecified atom stereocenters. The highest BCUT2D eigenvalue weighted by atomic mass is 32.2. The molecule has 1 atom stereocenters. The van der Waals surface area contributed by atoms with Crippen LogP contribution >= 0.6 is 11.8 Å². The first-order chi connectivity index (χ1) is 12.6. The van der Waals surface area contributed by atoms with Gasteiger partial charge in [-0.05, 0) is 43.3 Å². The fraction of sp³-hybridized carbons (Fsp3) is 0.278. The van der Waals surface area contributed by atoms with Crippen LogP contribution in [0.5, 0.6) is 0 Å². The lowest BCUT2D eigenvalue weighted by Crippen LogP contribution is -2.35. The van der Waals surface area contributed by atoms with Gasteiger partial charge in [0.15, 0.2) is 5.78 Å². The van der Waals surface area contributed by atoms with Gasteiger partial charge in [-0.1, -0.05) is 11.8 Å². The summed E-state index contributed by atoms with van der Waals surface area (Å²) in [6.45, 7) is 1.65. The van der Waals surface area contributed by atoms with E-state index in [1.165, 1.54) is 30.3 Å². The normalized spacial score (nSPS) is 12.5. The molecule has 0 aliphatic heterocycles. The molecule has 0 aliphatic rings. The number of rotatable bonds is 7. The Labute approximate surface area is 157 Å². The first-order valence-electron chi connectivity index (χ1n) is 7.89. The average molecular weight is 400 g/mol. The predicted molar refractivity (Wildman–Crippen MR) is 92.9 cm³/mol. The van der Waals surface area contributed by atoms with Crippen molar-refractivity contribution in [3.8, 4) is 0 Å². The molecule has 0 aliphatic carbocycles. The van der Waals surface area contributed by atoms with Crippen LogP contribution in [0.25, 0.3) is 0 Å². The molecule has 2 rings (SSSR count). The molecule has 1 N–H and O–H groups in total. The van der Waals surface area contributed by atoms with Gasteiger partial charge in [-0.2, -0.15) is 13.2 Å². The number of aromatic nitrogens is 1. The van der Waals surface area contributed by atoms with Crippen molar-refractivity contribution in [3.05, 3.63) is 59.5 Å². The first kappa shape index (κ1) is 20.9. The zero-order chi connectivity index (χ0) is 20.0. The standard InChI is InChI=1S/C18H16F4N2O2S/c1-11(8-15(25)12-2-5-14(19)6-3-12)24-16(26)10-27-17-7-4-13(9-23-17)18(20,21)22/h2-7,9,11H,8,10H2,1H3,(H,24,26). The highest BCUT2D eigenvalue weighted by Gasteiger charge is 2.30. The number of nitrogens with zero attached hydrogens (tertiary/aromatic N) is 1. The van der Waals surface area contributed by atoms with E-state index < -0.39 is 23.6 Å². The van der Waals surface area contributed by atoms with Crippen molar-refractivity contribution in [2.45, 2.75) is 30.6 Å². The number of carbonyl (C=O) groups excluding carboxylic acids is 2. The number of ketones is 1. The second kappa shape index (κ2) is 8.98. The number of hydrogen-bond acceptors (Lipinski definition) is 4. The van der Waals surface area contributed by atoms with Gasteiger partial charge in [-0.3, -0.25) is 9.59 Å². The van der Waals surface area contributed by atoms with Gasteiger partial charge < -0.3 is 5.32 Å². The topological polar surface area (TPSA) is 59.1 Å². The van der Waals surface area contributed by atoms with Gasteiger partial charge in [0.1, 0.15) is 5.82 Å². The van der Waals surface area contributed by atoms with Crippen molar-refractivity contribution in [2.24, 2.45) is 0 Å². The van der Waals surface area contributed by atoms with Crippen molar-refractivity contribution < 1.29 is 27.2 Å². The van der Waals surface area contributed by atoms with E-state index >= 15 is 0 Å². The fourth-order valence-corrected chi connectivity index (χ4v) is 2.83. The van der Waals surface area contributed by atoms with Crippen LogP contribution in [0.2, 0.25) is 0 Å². The largest absolute Gasteiger partial charge is 0.417 e. The monoisotopic (exact) mass is 400 g/mol. The number of alkyl halides is 3. The van der Waals surface area contributed by atoms with Crippen molar-refractivity contribution >= 4 is 23.5 Å². The first-order valence-corrected chi connectivity index (χ1v) is 8.88. The molecule has 1 heterocycles. The Hall–Kier alpha value is -2.42. The molecule has 0 fully saturated rings. The predicted octanol–water partition coefficient (Wildman–Crippen LogP) is 4.11. The summed E-state index contributed by atoms with van der Waals surface area (Å²) in [6.07, 6.45) is -3.70. The zero-order valence-corrected chi connectivity index (χ0v) is 15.0. The molecular formula is C18H16F4N2O2S. The van der Waals surface area contributed by atoms with Crippen LogP contribution in [0.1, 0.15) is 29.3 Å². The molecule has 0 saturated heterocycles. The molecule has 2 aromatic rings. The van der Waals surface area contributed by atoms with Crippen molar-refractivity contribution in [1.29, 1.82) is 0 Å². The second-order valence-electron chi connectivity index (χ2n) is 5.77. The van der Waals surface area contributed by atoms with Crippen LogP contribution in [-0.2, 0) is 11.0 Å². The van der Waals surface area contributed by atoms with Crippen LogP contribution in [0.4, 0.5) is 17.6 Å². The summed E-state index contributed by atoms with van der Waals surface area (Å²) in [7, 11) is 0. The Morgan fingerprint density at radius 3 is 2.37 bits per heavy atom. The lowest BCUT2D eigenvalue weighted by atomic mass is 10.0. The van der Waals surface area contributed by atoms with Crippen LogP contribution in [0.3, 0.4) is 0 Å². The Morgan fingerprint density at radius 1 is 1.15 bits per heavy atom. The van der Waals surface area contributed by atoms with Gasteiger partial charge in [-0.25, -0.2) is 9.37 Å². The summed E-state index contributed by atoms with van der Waals surface area (Å²) >= 11 is 0.990. The number of benzene rings is 1. The molecule has 1 aromatic heterocycles. The van der Waals surface area contributed by atoms with Crippen LogP contribution in [-0.4, -0.2) is 28.5 Å². The molecule has 144 valence electrons.